The smallest absolute Gasteiger partial charge is 0.223 e. The van der Waals surface area contributed by atoms with E-state index in [2.05, 4.69) is 12.8 Å². The van der Waals surface area contributed by atoms with Crippen LogP contribution in [0, 0.1) is 12.3 Å². The Kier molecular flexibility index (Phi) is 5.95. The third-order valence-electron chi connectivity index (χ3n) is 2.83. The first-order valence-corrected chi connectivity index (χ1v) is 6.10. The van der Waals surface area contributed by atoms with E-state index < -0.39 is 0 Å². The zero-order valence-electron chi connectivity index (χ0n) is 10.1. The molecule has 3 heteroatoms. The average Bonchev–Trinajstić information content (AvgIpc) is 2.78. The van der Waals surface area contributed by atoms with Crippen LogP contribution in [0.25, 0.3) is 0 Å². The molecule has 1 unspecified atom stereocenters. The van der Waals surface area contributed by atoms with Crippen LogP contribution >= 0.6 is 0 Å². The minimum atomic E-state index is 0.162. The van der Waals surface area contributed by atoms with Crippen LogP contribution in [0.1, 0.15) is 39.0 Å². The second kappa shape index (κ2) is 7.29. The van der Waals surface area contributed by atoms with Crippen molar-refractivity contribution in [2.24, 2.45) is 0 Å². The molecule has 0 aromatic carbocycles. The van der Waals surface area contributed by atoms with Gasteiger partial charge in [0, 0.05) is 19.6 Å². The molecule has 1 atom stereocenters. The molecule has 0 bridgehead atoms. The Labute approximate surface area is 98.1 Å². The first-order chi connectivity index (χ1) is 7.77. The van der Waals surface area contributed by atoms with E-state index in [0.29, 0.717) is 19.1 Å². The Morgan fingerprint density at radius 1 is 1.62 bits per heavy atom. The molecular weight excluding hydrogens is 202 g/mol. The molecule has 16 heavy (non-hydrogen) atoms. The highest BCUT2D eigenvalue weighted by molar-refractivity contribution is 5.76. The molecule has 0 aromatic heterocycles. The van der Waals surface area contributed by atoms with Crippen molar-refractivity contribution < 1.29 is 9.53 Å². The van der Waals surface area contributed by atoms with Gasteiger partial charge in [-0.15, -0.1) is 6.42 Å². The van der Waals surface area contributed by atoms with Crippen LogP contribution in [0.15, 0.2) is 0 Å². The highest BCUT2D eigenvalue weighted by Crippen LogP contribution is 2.17. The van der Waals surface area contributed by atoms with Crippen molar-refractivity contribution >= 4 is 5.91 Å². The first kappa shape index (κ1) is 13.1. The van der Waals surface area contributed by atoms with Crippen molar-refractivity contribution in [2.75, 3.05) is 19.7 Å². The van der Waals surface area contributed by atoms with Crippen LogP contribution in [0.3, 0.4) is 0 Å². The van der Waals surface area contributed by atoms with Crippen LogP contribution < -0.4 is 0 Å². The zero-order valence-corrected chi connectivity index (χ0v) is 10.1. The Morgan fingerprint density at radius 3 is 3.00 bits per heavy atom. The quantitative estimate of drug-likeness (QED) is 0.643. The van der Waals surface area contributed by atoms with Gasteiger partial charge in [-0.3, -0.25) is 4.79 Å². The molecule has 1 amide bonds. The Bertz CT molecular complexity index is 251. The van der Waals surface area contributed by atoms with Gasteiger partial charge >= 0.3 is 0 Å². The van der Waals surface area contributed by atoms with E-state index in [4.69, 9.17) is 11.2 Å². The van der Waals surface area contributed by atoms with E-state index >= 15 is 0 Å². The highest BCUT2D eigenvalue weighted by Gasteiger charge is 2.18. The molecular formula is C13H21NO2. The molecule has 90 valence electrons. The van der Waals surface area contributed by atoms with Gasteiger partial charge in [-0.2, -0.15) is 0 Å². The van der Waals surface area contributed by atoms with Crippen LogP contribution in [0.5, 0.6) is 0 Å². The number of rotatable bonds is 6. The topological polar surface area (TPSA) is 29.5 Å². The fourth-order valence-corrected chi connectivity index (χ4v) is 1.99. The van der Waals surface area contributed by atoms with Gasteiger partial charge in [-0.1, -0.05) is 12.8 Å². The van der Waals surface area contributed by atoms with Crippen molar-refractivity contribution in [2.45, 2.75) is 45.1 Å². The summed E-state index contributed by atoms with van der Waals surface area (Å²) in [6.45, 7) is 4.09. The minimum Gasteiger partial charge on any atom is -0.378 e. The minimum absolute atomic E-state index is 0.162. The summed E-state index contributed by atoms with van der Waals surface area (Å²) < 4.78 is 5.49. The molecule has 0 N–H and O–H groups in total. The summed E-state index contributed by atoms with van der Waals surface area (Å²) >= 11 is 0. The third-order valence-corrected chi connectivity index (χ3v) is 2.83. The molecule has 1 aliphatic rings. The summed E-state index contributed by atoms with van der Waals surface area (Å²) in [6.07, 6.45) is 10.1. The van der Waals surface area contributed by atoms with Crippen molar-refractivity contribution in [3.8, 4) is 12.3 Å². The van der Waals surface area contributed by atoms with Gasteiger partial charge in [0.15, 0.2) is 0 Å². The molecule has 1 heterocycles. The molecule has 0 aliphatic carbocycles. The summed E-state index contributed by atoms with van der Waals surface area (Å²) in [7, 11) is 0. The molecule has 1 rings (SSSR count). The number of hydrogen-bond donors (Lipinski definition) is 0. The number of hydrogen-bond acceptors (Lipinski definition) is 2. The van der Waals surface area contributed by atoms with E-state index in [9.17, 15) is 4.79 Å². The molecule has 0 aromatic rings. The summed E-state index contributed by atoms with van der Waals surface area (Å²) in [4.78, 5) is 13.6. The summed E-state index contributed by atoms with van der Waals surface area (Å²) in [5.74, 6) is 2.70. The average molecular weight is 223 g/mol. The number of ether oxygens (including phenoxy) is 1. The largest absolute Gasteiger partial charge is 0.378 e. The van der Waals surface area contributed by atoms with Crippen LogP contribution in [-0.4, -0.2) is 36.6 Å². The number of amides is 1. The Hall–Kier alpha value is -1.01. The molecule has 0 spiro atoms. The van der Waals surface area contributed by atoms with Gasteiger partial charge in [-0.05, 0) is 25.7 Å². The Balaban J connectivity index is 2.27. The van der Waals surface area contributed by atoms with Crippen LogP contribution in [0.4, 0.5) is 0 Å². The number of carbonyl (C=O) groups excluding carboxylic acids is 1. The Morgan fingerprint density at radius 2 is 2.44 bits per heavy atom. The predicted molar refractivity (Wildman–Crippen MR) is 63.9 cm³/mol. The molecule has 0 radical (unpaired) electrons. The maximum Gasteiger partial charge on any atom is 0.223 e. The lowest BCUT2D eigenvalue weighted by molar-refractivity contribution is -0.131. The maximum absolute atomic E-state index is 11.9. The lowest BCUT2D eigenvalue weighted by atomic mass is 10.1. The predicted octanol–water partition coefficient (Wildman–Crippen LogP) is 1.82. The maximum atomic E-state index is 11.9. The van der Waals surface area contributed by atoms with E-state index in [-0.39, 0.29) is 5.91 Å². The van der Waals surface area contributed by atoms with Crippen molar-refractivity contribution in [1.29, 1.82) is 0 Å². The van der Waals surface area contributed by atoms with Crippen molar-refractivity contribution in [1.82, 2.24) is 4.90 Å². The summed E-state index contributed by atoms with van der Waals surface area (Å²) in [6, 6.07) is 0. The van der Waals surface area contributed by atoms with Gasteiger partial charge in [0.1, 0.15) is 0 Å². The highest BCUT2D eigenvalue weighted by atomic mass is 16.5. The molecule has 1 fully saturated rings. The summed E-state index contributed by atoms with van der Waals surface area (Å²) in [5.41, 5.74) is 0. The molecule has 0 saturated carbocycles. The number of terminal acetylenes is 1. The van der Waals surface area contributed by atoms with Crippen molar-refractivity contribution in [3.05, 3.63) is 0 Å². The monoisotopic (exact) mass is 223 g/mol. The fraction of sp³-hybridized carbons (Fsp3) is 0.769. The standard InChI is InChI=1S/C13H21NO2/c1-3-9-14(10-4-2)13(15)8-7-12-6-5-11-16-12/h1,12H,4-11H2,2H3. The third kappa shape index (κ3) is 4.24. The van der Waals surface area contributed by atoms with E-state index in [1.165, 1.54) is 0 Å². The molecule has 1 aliphatic heterocycles. The second-order valence-corrected chi connectivity index (χ2v) is 4.19. The van der Waals surface area contributed by atoms with Gasteiger partial charge in [0.2, 0.25) is 5.91 Å². The molecule has 1 saturated heterocycles. The first-order valence-electron chi connectivity index (χ1n) is 6.10. The van der Waals surface area contributed by atoms with Crippen LogP contribution in [-0.2, 0) is 9.53 Å². The van der Waals surface area contributed by atoms with Gasteiger partial charge in [-0.25, -0.2) is 0 Å². The van der Waals surface area contributed by atoms with Crippen LogP contribution in [0.2, 0.25) is 0 Å². The SMILES string of the molecule is C#CCN(CCC)C(=O)CCC1CCCO1. The normalized spacial score (nSPS) is 19.4. The van der Waals surface area contributed by atoms with E-state index in [0.717, 1.165) is 38.8 Å². The van der Waals surface area contributed by atoms with E-state index in [1.54, 1.807) is 4.90 Å². The second-order valence-electron chi connectivity index (χ2n) is 4.19. The van der Waals surface area contributed by atoms with Gasteiger partial charge in [0.05, 0.1) is 12.6 Å². The summed E-state index contributed by atoms with van der Waals surface area (Å²) in [5, 5.41) is 0. The number of nitrogens with zero attached hydrogens (tertiary/aromatic N) is 1. The molecule has 3 nitrogen and oxygen atoms in total. The lowest BCUT2D eigenvalue weighted by Gasteiger charge is -2.20. The zero-order chi connectivity index (χ0) is 11.8. The van der Waals surface area contributed by atoms with Gasteiger partial charge in [0.25, 0.3) is 0 Å². The van der Waals surface area contributed by atoms with Crippen molar-refractivity contribution in [3.63, 3.8) is 0 Å². The van der Waals surface area contributed by atoms with E-state index in [1.807, 2.05) is 0 Å². The number of carbonyl (C=O) groups is 1. The fourth-order valence-electron chi connectivity index (χ4n) is 1.99. The van der Waals surface area contributed by atoms with Gasteiger partial charge < -0.3 is 9.64 Å². The lowest BCUT2D eigenvalue weighted by Crippen LogP contribution is -2.32.